The Morgan fingerprint density at radius 1 is 0.972 bits per heavy atom. The van der Waals surface area contributed by atoms with Crippen LogP contribution >= 0.6 is 0 Å². The molecule has 188 valence electrons. The van der Waals surface area contributed by atoms with E-state index in [0.29, 0.717) is 18.5 Å². The van der Waals surface area contributed by atoms with Crippen molar-refractivity contribution >= 4 is 27.5 Å². The maximum Gasteiger partial charge on any atom is 0.243 e. The van der Waals surface area contributed by atoms with Gasteiger partial charge in [-0.2, -0.15) is 4.31 Å². The zero-order valence-electron chi connectivity index (χ0n) is 19.9. The van der Waals surface area contributed by atoms with Gasteiger partial charge in [-0.1, -0.05) is 43.3 Å². The van der Waals surface area contributed by atoms with Gasteiger partial charge in [0.15, 0.2) is 0 Å². The standard InChI is InChI=1S/C27H28FN3O4S/c1-2-26(32)30-22-11-13-23(14-12-22)36(34,35)31-16-15-20-5-3-4-6-24(20)25(31)17-27(33)29-18-19-7-9-21(28)10-8-19/h3-14,25H,2,15-18H2,1H3,(H,29,33)(H,30,32). The number of fused-ring (bicyclic) bond motifs is 1. The van der Waals surface area contributed by atoms with E-state index in [9.17, 15) is 22.4 Å². The first-order chi connectivity index (χ1) is 17.3. The summed E-state index contributed by atoms with van der Waals surface area (Å²) in [5.74, 6) is -0.825. The largest absolute Gasteiger partial charge is 0.352 e. The monoisotopic (exact) mass is 509 g/mol. The molecule has 0 bridgehead atoms. The lowest BCUT2D eigenvalue weighted by Gasteiger charge is -2.36. The highest BCUT2D eigenvalue weighted by Crippen LogP contribution is 2.36. The number of amides is 2. The molecule has 1 aliphatic rings. The Morgan fingerprint density at radius 2 is 1.67 bits per heavy atom. The average Bonchev–Trinajstić information content (AvgIpc) is 2.88. The molecule has 2 amide bonds. The van der Waals surface area contributed by atoms with E-state index in [1.807, 2.05) is 24.3 Å². The second kappa shape index (κ2) is 11.0. The Bertz CT molecular complexity index is 1340. The van der Waals surface area contributed by atoms with E-state index in [1.54, 1.807) is 31.2 Å². The van der Waals surface area contributed by atoms with Crippen LogP contribution in [0.1, 0.15) is 42.5 Å². The van der Waals surface area contributed by atoms with Gasteiger partial charge >= 0.3 is 0 Å². The third-order valence-electron chi connectivity index (χ3n) is 6.21. The van der Waals surface area contributed by atoms with Gasteiger partial charge in [0.1, 0.15) is 5.82 Å². The van der Waals surface area contributed by atoms with Gasteiger partial charge in [0.2, 0.25) is 21.8 Å². The molecule has 0 aromatic heterocycles. The molecule has 0 saturated heterocycles. The summed E-state index contributed by atoms with van der Waals surface area (Å²) in [6.07, 6.45) is 0.800. The third-order valence-corrected chi connectivity index (χ3v) is 8.13. The van der Waals surface area contributed by atoms with E-state index in [2.05, 4.69) is 10.6 Å². The summed E-state index contributed by atoms with van der Waals surface area (Å²) in [5.41, 5.74) is 3.07. The smallest absolute Gasteiger partial charge is 0.243 e. The van der Waals surface area contributed by atoms with Crippen molar-refractivity contribution in [2.75, 3.05) is 11.9 Å². The predicted molar refractivity (Wildman–Crippen MR) is 135 cm³/mol. The molecule has 1 aliphatic heterocycles. The summed E-state index contributed by atoms with van der Waals surface area (Å²) in [4.78, 5) is 24.6. The zero-order chi connectivity index (χ0) is 25.7. The van der Waals surface area contributed by atoms with Crippen LogP contribution in [0.2, 0.25) is 0 Å². The van der Waals surface area contributed by atoms with Crippen molar-refractivity contribution in [3.8, 4) is 0 Å². The van der Waals surface area contributed by atoms with Crippen molar-refractivity contribution in [1.29, 1.82) is 0 Å². The summed E-state index contributed by atoms with van der Waals surface area (Å²) in [7, 11) is -3.92. The molecule has 0 saturated carbocycles. The first-order valence-electron chi connectivity index (χ1n) is 11.8. The Hall–Kier alpha value is -3.56. The number of rotatable bonds is 8. The summed E-state index contributed by atoms with van der Waals surface area (Å²) in [6.45, 7) is 2.19. The van der Waals surface area contributed by atoms with Gasteiger partial charge in [0.25, 0.3) is 0 Å². The Labute approximate surface area is 210 Å². The maximum atomic E-state index is 13.7. The summed E-state index contributed by atoms with van der Waals surface area (Å²) in [5, 5.41) is 5.52. The van der Waals surface area contributed by atoms with Crippen molar-refractivity contribution in [2.45, 2.75) is 43.7 Å². The quantitative estimate of drug-likeness (QED) is 0.477. The highest BCUT2D eigenvalue weighted by atomic mass is 32.2. The molecule has 1 heterocycles. The fourth-order valence-electron chi connectivity index (χ4n) is 4.27. The minimum Gasteiger partial charge on any atom is -0.352 e. The lowest BCUT2D eigenvalue weighted by atomic mass is 9.92. The summed E-state index contributed by atoms with van der Waals surface area (Å²) < 4.78 is 41.9. The highest BCUT2D eigenvalue weighted by Gasteiger charge is 2.37. The number of carbonyl (C=O) groups is 2. The molecule has 0 aliphatic carbocycles. The second-order valence-electron chi connectivity index (χ2n) is 8.61. The van der Waals surface area contributed by atoms with E-state index in [4.69, 9.17) is 0 Å². The lowest BCUT2D eigenvalue weighted by molar-refractivity contribution is -0.122. The van der Waals surface area contributed by atoms with Gasteiger partial charge in [0, 0.05) is 31.6 Å². The number of hydrogen-bond donors (Lipinski definition) is 2. The zero-order valence-corrected chi connectivity index (χ0v) is 20.7. The van der Waals surface area contributed by atoms with Gasteiger partial charge in [-0.3, -0.25) is 9.59 Å². The normalized spacial score (nSPS) is 15.7. The summed E-state index contributed by atoms with van der Waals surface area (Å²) in [6, 6.07) is 18.8. The van der Waals surface area contributed by atoms with Gasteiger partial charge in [-0.25, -0.2) is 12.8 Å². The van der Waals surface area contributed by atoms with Crippen LogP contribution in [0.5, 0.6) is 0 Å². The third kappa shape index (κ3) is 5.80. The number of sulfonamides is 1. The van der Waals surface area contributed by atoms with E-state index in [-0.39, 0.29) is 42.0 Å². The predicted octanol–water partition coefficient (Wildman–Crippen LogP) is 4.17. The van der Waals surface area contributed by atoms with E-state index in [0.717, 1.165) is 16.7 Å². The molecule has 1 atom stereocenters. The van der Waals surface area contributed by atoms with Crippen molar-refractivity contribution in [3.05, 3.63) is 95.3 Å². The molecule has 36 heavy (non-hydrogen) atoms. The van der Waals surface area contributed by atoms with Crippen LogP contribution in [0, 0.1) is 5.82 Å². The van der Waals surface area contributed by atoms with E-state index < -0.39 is 16.1 Å². The Morgan fingerprint density at radius 3 is 2.36 bits per heavy atom. The van der Waals surface area contributed by atoms with Crippen molar-refractivity contribution in [1.82, 2.24) is 9.62 Å². The molecule has 3 aromatic carbocycles. The van der Waals surface area contributed by atoms with Crippen LogP contribution in [-0.4, -0.2) is 31.1 Å². The number of halogens is 1. The molecule has 7 nitrogen and oxygen atoms in total. The number of hydrogen-bond acceptors (Lipinski definition) is 4. The minimum absolute atomic E-state index is 0.0535. The molecular formula is C27H28FN3O4S. The van der Waals surface area contributed by atoms with E-state index in [1.165, 1.54) is 28.6 Å². The summed E-state index contributed by atoms with van der Waals surface area (Å²) >= 11 is 0. The number of carbonyl (C=O) groups excluding carboxylic acids is 2. The molecular weight excluding hydrogens is 481 g/mol. The Kier molecular flexibility index (Phi) is 7.81. The molecule has 0 spiro atoms. The molecule has 9 heteroatoms. The van der Waals surface area contributed by atoms with Crippen molar-refractivity contribution in [2.24, 2.45) is 0 Å². The first-order valence-corrected chi connectivity index (χ1v) is 13.2. The molecule has 4 rings (SSSR count). The van der Waals surface area contributed by atoms with Crippen LogP contribution in [0.4, 0.5) is 10.1 Å². The Balaban J connectivity index is 1.56. The first kappa shape index (κ1) is 25.5. The van der Waals surface area contributed by atoms with Gasteiger partial charge in [-0.05, 0) is 59.5 Å². The number of nitrogens with one attached hydrogen (secondary N) is 2. The fraction of sp³-hybridized carbons (Fsp3) is 0.259. The number of benzene rings is 3. The average molecular weight is 510 g/mol. The van der Waals surface area contributed by atoms with Gasteiger partial charge in [-0.15, -0.1) is 0 Å². The molecule has 1 unspecified atom stereocenters. The molecule has 3 aromatic rings. The lowest BCUT2D eigenvalue weighted by Crippen LogP contribution is -2.42. The highest BCUT2D eigenvalue weighted by molar-refractivity contribution is 7.89. The van der Waals surface area contributed by atoms with Crippen LogP contribution < -0.4 is 10.6 Å². The SMILES string of the molecule is CCC(=O)Nc1ccc(S(=O)(=O)N2CCc3ccccc3C2CC(=O)NCc2ccc(F)cc2)cc1. The van der Waals surface area contributed by atoms with Crippen LogP contribution in [0.15, 0.2) is 77.7 Å². The van der Waals surface area contributed by atoms with Gasteiger partial charge < -0.3 is 10.6 Å². The van der Waals surface area contributed by atoms with Gasteiger partial charge in [0.05, 0.1) is 10.9 Å². The van der Waals surface area contributed by atoms with Crippen molar-refractivity contribution in [3.63, 3.8) is 0 Å². The number of anilines is 1. The van der Waals surface area contributed by atoms with Crippen molar-refractivity contribution < 1.29 is 22.4 Å². The minimum atomic E-state index is -3.92. The van der Waals surface area contributed by atoms with Crippen LogP contribution in [-0.2, 0) is 32.6 Å². The second-order valence-corrected chi connectivity index (χ2v) is 10.5. The van der Waals surface area contributed by atoms with Crippen LogP contribution in [0.25, 0.3) is 0 Å². The fourth-order valence-corrected chi connectivity index (χ4v) is 5.88. The van der Waals surface area contributed by atoms with E-state index >= 15 is 0 Å². The molecule has 0 fully saturated rings. The number of nitrogens with zero attached hydrogens (tertiary/aromatic N) is 1. The maximum absolute atomic E-state index is 13.7. The molecule has 0 radical (unpaired) electrons. The molecule has 2 N–H and O–H groups in total. The van der Waals surface area contributed by atoms with Crippen LogP contribution in [0.3, 0.4) is 0 Å². The topological polar surface area (TPSA) is 95.6 Å².